The minimum Gasteiger partial charge on any atom is -0.429 e. The summed E-state index contributed by atoms with van der Waals surface area (Å²) < 4.78 is 57.3. The van der Waals surface area contributed by atoms with Crippen LogP contribution < -0.4 is 4.74 Å². The van der Waals surface area contributed by atoms with Crippen molar-refractivity contribution in [3.05, 3.63) is 41.5 Å². The average molecular weight is 380 g/mol. The molecule has 0 aliphatic heterocycles. The second kappa shape index (κ2) is 7.33. The third-order valence-corrected chi connectivity index (χ3v) is 6.56. The Bertz CT molecular complexity index is 835. The van der Waals surface area contributed by atoms with E-state index < -0.39 is 24.0 Å². The number of alkyl halides is 2. The summed E-state index contributed by atoms with van der Waals surface area (Å²) in [6.07, 6.45) is 7.31. The first-order valence-electron chi connectivity index (χ1n) is 9.78. The van der Waals surface area contributed by atoms with E-state index in [2.05, 4.69) is 11.7 Å². The summed E-state index contributed by atoms with van der Waals surface area (Å²) in [6.45, 7) is -0.931. The molecule has 0 radical (unpaired) electrons. The molecule has 27 heavy (non-hydrogen) atoms. The zero-order valence-corrected chi connectivity index (χ0v) is 15.4. The third-order valence-electron chi connectivity index (χ3n) is 6.56. The fourth-order valence-corrected chi connectivity index (χ4v) is 5.21. The largest absolute Gasteiger partial charge is 0.429 e. The van der Waals surface area contributed by atoms with Crippen LogP contribution in [0.2, 0.25) is 0 Å². The molecule has 2 aromatic carbocycles. The first-order chi connectivity index (χ1) is 12.9. The lowest BCUT2D eigenvalue weighted by Crippen LogP contribution is -2.29. The zero-order chi connectivity index (χ0) is 19.1. The molecular formula is C22H24F4O. The molecule has 0 amide bonds. The molecule has 2 aliphatic carbocycles. The van der Waals surface area contributed by atoms with Gasteiger partial charge in [0.05, 0.1) is 0 Å². The Morgan fingerprint density at radius 2 is 1.70 bits per heavy atom. The van der Waals surface area contributed by atoms with Gasteiger partial charge in [0, 0.05) is 5.39 Å². The normalized spacial score (nSPS) is 28.4. The number of benzene rings is 2. The number of halogens is 4. The van der Waals surface area contributed by atoms with Crippen molar-refractivity contribution in [1.82, 2.24) is 0 Å². The van der Waals surface area contributed by atoms with Gasteiger partial charge in [-0.25, -0.2) is 8.78 Å². The van der Waals surface area contributed by atoms with Crippen LogP contribution in [0.25, 0.3) is 10.8 Å². The van der Waals surface area contributed by atoms with Gasteiger partial charge in [0.25, 0.3) is 0 Å². The van der Waals surface area contributed by atoms with Crippen LogP contribution in [0.4, 0.5) is 17.6 Å². The molecular weight excluding hydrogens is 356 g/mol. The molecule has 0 bridgehead atoms. The van der Waals surface area contributed by atoms with Crippen molar-refractivity contribution in [2.45, 2.75) is 58.0 Å². The average Bonchev–Trinajstić information content (AvgIpc) is 2.64. The quantitative estimate of drug-likeness (QED) is 0.519. The molecule has 2 aromatic rings. The SMILES string of the molecule is CC1CCC2CC(c3ccc4c(F)c(OC(F)F)c(F)cc4c3)CCC2C1. The standard InChI is InChI=1S/C22H24F4O/c1-12-2-3-14-9-15(5-4-13(14)8-12)16-6-7-18-17(10-16)11-19(23)21(20(18)24)27-22(25)26/h6-7,10-15,22H,2-5,8-9H2,1H3. The molecule has 2 saturated carbocycles. The van der Waals surface area contributed by atoms with E-state index >= 15 is 0 Å². The maximum atomic E-state index is 14.4. The van der Waals surface area contributed by atoms with Gasteiger partial charge in [0.1, 0.15) is 0 Å². The van der Waals surface area contributed by atoms with Crippen molar-refractivity contribution in [3.63, 3.8) is 0 Å². The summed E-state index contributed by atoms with van der Waals surface area (Å²) in [7, 11) is 0. The Labute approximate surface area is 156 Å². The molecule has 0 heterocycles. The van der Waals surface area contributed by atoms with E-state index in [0.717, 1.165) is 42.2 Å². The van der Waals surface area contributed by atoms with E-state index in [0.29, 0.717) is 11.3 Å². The summed E-state index contributed by atoms with van der Waals surface area (Å²) >= 11 is 0. The van der Waals surface area contributed by atoms with Gasteiger partial charge in [0.2, 0.25) is 0 Å². The Morgan fingerprint density at radius 1 is 0.963 bits per heavy atom. The molecule has 2 aliphatic rings. The Kier molecular flexibility index (Phi) is 5.04. The van der Waals surface area contributed by atoms with Crippen LogP contribution in [0.1, 0.15) is 56.9 Å². The summed E-state index contributed by atoms with van der Waals surface area (Å²) in [6, 6.07) is 6.32. The van der Waals surface area contributed by atoms with Crippen molar-refractivity contribution < 1.29 is 22.3 Å². The number of hydrogen-bond donors (Lipinski definition) is 0. The summed E-state index contributed by atoms with van der Waals surface area (Å²) in [5.74, 6) is -0.405. The van der Waals surface area contributed by atoms with Crippen molar-refractivity contribution in [1.29, 1.82) is 0 Å². The van der Waals surface area contributed by atoms with E-state index in [1.807, 2.05) is 12.1 Å². The summed E-state index contributed by atoms with van der Waals surface area (Å²) in [4.78, 5) is 0. The van der Waals surface area contributed by atoms with Crippen LogP contribution >= 0.6 is 0 Å². The van der Waals surface area contributed by atoms with E-state index in [4.69, 9.17) is 0 Å². The smallest absolute Gasteiger partial charge is 0.387 e. The summed E-state index contributed by atoms with van der Waals surface area (Å²) in [5, 5.41) is 0.500. The Hall–Kier alpha value is -1.78. The highest BCUT2D eigenvalue weighted by Crippen LogP contribution is 2.47. The topological polar surface area (TPSA) is 9.23 Å². The van der Waals surface area contributed by atoms with E-state index in [1.165, 1.54) is 25.7 Å². The van der Waals surface area contributed by atoms with Crippen LogP contribution in [-0.4, -0.2) is 6.61 Å². The molecule has 4 unspecified atom stereocenters. The van der Waals surface area contributed by atoms with Gasteiger partial charge < -0.3 is 4.74 Å². The van der Waals surface area contributed by atoms with Gasteiger partial charge in [-0.3, -0.25) is 0 Å². The van der Waals surface area contributed by atoms with Gasteiger partial charge >= 0.3 is 6.61 Å². The summed E-state index contributed by atoms with van der Waals surface area (Å²) in [5.41, 5.74) is 1.08. The molecule has 4 atom stereocenters. The van der Waals surface area contributed by atoms with Crippen LogP contribution in [-0.2, 0) is 0 Å². The van der Waals surface area contributed by atoms with Crippen LogP contribution in [0.3, 0.4) is 0 Å². The lowest BCUT2D eigenvalue weighted by Gasteiger charge is -2.41. The maximum Gasteiger partial charge on any atom is 0.387 e. The van der Waals surface area contributed by atoms with Crippen molar-refractivity contribution in [2.24, 2.45) is 17.8 Å². The van der Waals surface area contributed by atoms with Crippen LogP contribution in [0.5, 0.6) is 5.75 Å². The highest BCUT2D eigenvalue weighted by molar-refractivity contribution is 5.85. The number of rotatable bonds is 3. The Morgan fingerprint density at radius 3 is 2.48 bits per heavy atom. The fourth-order valence-electron chi connectivity index (χ4n) is 5.21. The molecule has 1 nitrogen and oxygen atoms in total. The molecule has 4 rings (SSSR count). The first kappa shape index (κ1) is 18.6. The molecule has 0 aromatic heterocycles. The lowest BCUT2D eigenvalue weighted by atomic mass is 9.64. The van der Waals surface area contributed by atoms with Crippen LogP contribution in [0.15, 0.2) is 24.3 Å². The van der Waals surface area contributed by atoms with E-state index in [9.17, 15) is 17.6 Å². The van der Waals surface area contributed by atoms with E-state index in [1.54, 1.807) is 6.07 Å². The van der Waals surface area contributed by atoms with Crippen molar-refractivity contribution in [2.75, 3.05) is 0 Å². The molecule has 0 N–H and O–H groups in total. The van der Waals surface area contributed by atoms with Gasteiger partial charge in [0.15, 0.2) is 17.4 Å². The predicted molar refractivity (Wildman–Crippen MR) is 97.1 cm³/mol. The van der Waals surface area contributed by atoms with E-state index in [-0.39, 0.29) is 5.39 Å². The molecule has 146 valence electrons. The highest BCUT2D eigenvalue weighted by Gasteiger charge is 2.35. The van der Waals surface area contributed by atoms with Gasteiger partial charge in [-0.15, -0.1) is 0 Å². The monoisotopic (exact) mass is 380 g/mol. The molecule has 0 spiro atoms. The third kappa shape index (κ3) is 3.65. The second-order valence-corrected chi connectivity index (χ2v) is 8.31. The van der Waals surface area contributed by atoms with Crippen molar-refractivity contribution in [3.8, 4) is 5.75 Å². The minimum atomic E-state index is -3.26. The van der Waals surface area contributed by atoms with Crippen LogP contribution in [0, 0.1) is 29.4 Å². The molecule has 5 heteroatoms. The number of ether oxygens (including phenoxy) is 1. The van der Waals surface area contributed by atoms with Crippen molar-refractivity contribution >= 4 is 10.8 Å². The molecule has 2 fully saturated rings. The highest BCUT2D eigenvalue weighted by atomic mass is 19.3. The lowest BCUT2D eigenvalue weighted by molar-refractivity contribution is -0.0544. The predicted octanol–water partition coefficient (Wildman–Crippen LogP) is 7.04. The minimum absolute atomic E-state index is 0.107. The van der Waals surface area contributed by atoms with Gasteiger partial charge in [-0.2, -0.15) is 8.78 Å². The number of hydrogen-bond acceptors (Lipinski definition) is 1. The van der Waals surface area contributed by atoms with Gasteiger partial charge in [-0.1, -0.05) is 31.5 Å². The maximum absolute atomic E-state index is 14.4. The van der Waals surface area contributed by atoms with Gasteiger partial charge in [-0.05, 0) is 72.8 Å². The Balaban J connectivity index is 1.60. The fraction of sp³-hybridized carbons (Fsp3) is 0.545. The zero-order valence-electron chi connectivity index (χ0n) is 15.4. The second-order valence-electron chi connectivity index (χ2n) is 8.31. The molecule has 0 saturated heterocycles. The first-order valence-corrected chi connectivity index (χ1v) is 9.78. The number of fused-ring (bicyclic) bond motifs is 2.